The molecule has 1 fully saturated rings. The summed E-state index contributed by atoms with van der Waals surface area (Å²) >= 11 is 1.73. The molecule has 0 radical (unpaired) electrons. The van der Waals surface area contributed by atoms with E-state index in [1.165, 1.54) is 16.0 Å². The van der Waals surface area contributed by atoms with Crippen molar-refractivity contribution in [3.63, 3.8) is 0 Å². The lowest BCUT2D eigenvalue weighted by atomic mass is 9.72. The lowest BCUT2D eigenvalue weighted by Gasteiger charge is -2.41. The number of hydrogen-bond acceptors (Lipinski definition) is 3. The zero-order valence-corrected chi connectivity index (χ0v) is 18.6. The van der Waals surface area contributed by atoms with E-state index in [0.29, 0.717) is 38.8 Å². The Kier molecular flexibility index (Phi) is 7.12. The van der Waals surface area contributed by atoms with E-state index in [9.17, 15) is 9.59 Å². The van der Waals surface area contributed by atoms with Gasteiger partial charge in [-0.2, -0.15) is 0 Å². The predicted molar refractivity (Wildman–Crippen MR) is 120 cm³/mol. The minimum atomic E-state index is -0.457. The number of piperidine rings is 1. The lowest BCUT2D eigenvalue weighted by molar-refractivity contribution is -0.141. The van der Waals surface area contributed by atoms with E-state index in [1.54, 1.807) is 11.3 Å². The second-order valence-corrected chi connectivity index (χ2v) is 9.34. The average molecular weight is 413 g/mol. The van der Waals surface area contributed by atoms with Gasteiger partial charge in [-0.05, 0) is 62.1 Å². The summed E-state index contributed by atoms with van der Waals surface area (Å²) in [4.78, 5) is 28.7. The Labute approximate surface area is 178 Å². The first-order chi connectivity index (χ1) is 13.9. The zero-order valence-electron chi connectivity index (χ0n) is 17.7. The fourth-order valence-electron chi connectivity index (χ4n) is 4.12. The summed E-state index contributed by atoms with van der Waals surface area (Å²) in [5, 5.41) is 5.23. The van der Waals surface area contributed by atoms with Gasteiger partial charge in [-0.15, -0.1) is 11.3 Å². The van der Waals surface area contributed by atoms with Crippen molar-refractivity contribution in [1.82, 2.24) is 10.2 Å². The van der Waals surface area contributed by atoms with Crippen LogP contribution in [0.5, 0.6) is 0 Å². The molecule has 1 N–H and O–H groups in total. The molecule has 3 rings (SSSR count). The number of nitrogens with one attached hydrogen (secondary N) is 1. The van der Waals surface area contributed by atoms with Gasteiger partial charge in [-0.25, -0.2) is 0 Å². The third kappa shape index (κ3) is 5.27. The van der Waals surface area contributed by atoms with E-state index in [2.05, 4.69) is 47.1 Å². The molecule has 1 aromatic heterocycles. The van der Waals surface area contributed by atoms with Crippen molar-refractivity contribution in [2.45, 2.75) is 58.9 Å². The number of carbonyl (C=O) groups is 2. The molecule has 0 aliphatic carbocycles. The molecule has 29 heavy (non-hydrogen) atoms. The lowest BCUT2D eigenvalue weighted by Crippen LogP contribution is -2.52. The number of carbonyl (C=O) groups excluding carboxylic acids is 2. The van der Waals surface area contributed by atoms with Gasteiger partial charge in [0, 0.05) is 30.4 Å². The first-order valence-electron chi connectivity index (χ1n) is 10.6. The van der Waals surface area contributed by atoms with Crippen molar-refractivity contribution in [1.29, 1.82) is 0 Å². The van der Waals surface area contributed by atoms with E-state index in [1.807, 2.05) is 25.7 Å². The van der Waals surface area contributed by atoms with Crippen LogP contribution >= 0.6 is 11.3 Å². The highest BCUT2D eigenvalue weighted by Crippen LogP contribution is 2.37. The standard InChI is InChI=1S/C24H32N2O2S/c1-4-7-22(27)26-13-11-24(12-14-26,23(28)25-18(2)3)17-19-8-5-9-20(16-19)21-10-6-15-29-21/h5-6,8-10,15-16,18H,4,7,11-14,17H2,1-3H3,(H,25,28). The van der Waals surface area contributed by atoms with Crippen LogP contribution in [0.2, 0.25) is 0 Å². The van der Waals surface area contributed by atoms with Crippen LogP contribution in [0, 0.1) is 5.41 Å². The van der Waals surface area contributed by atoms with E-state index in [0.717, 1.165) is 6.42 Å². The maximum Gasteiger partial charge on any atom is 0.226 e. The molecule has 2 heterocycles. The molecule has 1 aliphatic heterocycles. The molecular weight excluding hydrogens is 380 g/mol. The topological polar surface area (TPSA) is 49.4 Å². The van der Waals surface area contributed by atoms with Crippen molar-refractivity contribution in [2.24, 2.45) is 5.41 Å². The van der Waals surface area contributed by atoms with Crippen molar-refractivity contribution < 1.29 is 9.59 Å². The molecule has 1 aromatic carbocycles. The average Bonchev–Trinajstić information content (AvgIpc) is 3.23. The number of amides is 2. The molecule has 0 atom stereocenters. The van der Waals surface area contributed by atoms with Gasteiger partial charge in [0.1, 0.15) is 0 Å². The van der Waals surface area contributed by atoms with Gasteiger partial charge in [0.2, 0.25) is 11.8 Å². The van der Waals surface area contributed by atoms with Crippen molar-refractivity contribution in [3.05, 3.63) is 47.3 Å². The number of nitrogens with zero attached hydrogens (tertiary/aromatic N) is 1. The first kappa shape index (κ1) is 21.6. The smallest absolute Gasteiger partial charge is 0.226 e. The Morgan fingerprint density at radius 2 is 1.93 bits per heavy atom. The van der Waals surface area contributed by atoms with Gasteiger partial charge in [0.05, 0.1) is 5.41 Å². The van der Waals surface area contributed by atoms with Gasteiger partial charge in [-0.3, -0.25) is 9.59 Å². The molecular formula is C24H32N2O2S. The molecule has 2 amide bonds. The van der Waals surface area contributed by atoms with Crippen LogP contribution in [0.1, 0.15) is 52.0 Å². The maximum atomic E-state index is 13.2. The van der Waals surface area contributed by atoms with Crippen LogP contribution in [0.3, 0.4) is 0 Å². The van der Waals surface area contributed by atoms with Crippen molar-refractivity contribution in [3.8, 4) is 10.4 Å². The van der Waals surface area contributed by atoms with E-state index < -0.39 is 5.41 Å². The van der Waals surface area contributed by atoms with E-state index >= 15 is 0 Å². The summed E-state index contributed by atoms with van der Waals surface area (Å²) in [5.74, 6) is 0.335. The molecule has 0 unspecified atom stereocenters. The highest BCUT2D eigenvalue weighted by Gasteiger charge is 2.42. The summed E-state index contributed by atoms with van der Waals surface area (Å²) < 4.78 is 0. The normalized spacial score (nSPS) is 16.1. The van der Waals surface area contributed by atoms with Crippen LogP contribution < -0.4 is 5.32 Å². The van der Waals surface area contributed by atoms with Gasteiger partial charge >= 0.3 is 0 Å². The zero-order chi connectivity index (χ0) is 20.9. The van der Waals surface area contributed by atoms with Crippen molar-refractivity contribution >= 4 is 23.2 Å². The largest absolute Gasteiger partial charge is 0.353 e. The van der Waals surface area contributed by atoms with Crippen LogP contribution in [-0.4, -0.2) is 35.8 Å². The molecule has 2 aromatic rings. The molecule has 1 aliphatic rings. The molecule has 1 saturated heterocycles. The fourth-order valence-corrected chi connectivity index (χ4v) is 4.85. The third-order valence-electron chi connectivity index (χ3n) is 5.71. The molecule has 156 valence electrons. The Balaban J connectivity index is 1.81. The van der Waals surface area contributed by atoms with Gasteiger partial charge in [-0.1, -0.05) is 37.3 Å². The Morgan fingerprint density at radius 3 is 2.55 bits per heavy atom. The number of likely N-dealkylation sites (tertiary alicyclic amines) is 1. The Hall–Kier alpha value is -2.14. The maximum absolute atomic E-state index is 13.2. The van der Waals surface area contributed by atoms with Crippen LogP contribution in [-0.2, 0) is 16.0 Å². The molecule has 4 nitrogen and oxygen atoms in total. The highest BCUT2D eigenvalue weighted by atomic mass is 32.1. The van der Waals surface area contributed by atoms with Gasteiger partial charge < -0.3 is 10.2 Å². The van der Waals surface area contributed by atoms with Crippen LogP contribution in [0.15, 0.2) is 41.8 Å². The summed E-state index contributed by atoms with van der Waals surface area (Å²) in [6.45, 7) is 7.36. The quantitative estimate of drug-likeness (QED) is 0.704. The molecule has 0 bridgehead atoms. The van der Waals surface area contributed by atoms with Crippen molar-refractivity contribution in [2.75, 3.05) is 13.1 Å². The summed E-state index contributed by atoms with van der Waals surface area (Å²) in [6.07, 6.45) is 3.59. The Morgan fingerprint density at radius 1 is 1.17 bits per heavy atom. The highest BCUT2D eigenvalue weighted by molar-refractivity contribution is 7.13. The minimum absolute atomic E-state index is 0.108. The number of hydrogen-bond donors (Lipinski definition) is 1. The minimum Gasteiger partial charge on any atom is -0.353 e. The summed E-state index contributed by atoms with van der Waals surface area (Å²) in [7, 11) is 0. The van der Waals surface area contributed by atoms with Crippen LogP contribution in [0.25, 0.3) is 10.4 Å². The van der Waals surface area contributed by atoms with Crippen LogP contribution in [0.4, 0.5) is 0 Å². The van der Waals surface area contributed by atoms with E-state index in [-0.39, 0.29) is 17.9 Å². The predicted octanol–water partition coefficient (Wildman–Crippen LogP) is 4.89. The molecule has 0 saturated carbocycles. The number of benzene rings is 1. The summed E-state index contributed by atoms with van der Waals surface area (Å²) in [5.41, 5.74) is 1.93. The van der Waals surface area contributed by atoms with Gasteiger partial charge in [0.15, 0.2) is 0 Å². The van der Waals surface area contributed by atoms with Gasteiger partial charge in [0.25, 0.3) is 0 Å². The third-order valence-corrected chi connectivity index (χ3v) is 6.63. The second kappa shape index (κ2) is 9.57. The molecule has 5 heteroatoms. The fraction of sp³-hybridized carbons (Fsp3) is 0.500. The summed E-state index contributed by atoms with van der Waals surface area (Å²) in [6, 6.07) is 12.8. The number of thiophene rings is 1. The monoisotopic (exact) mass is 412 g/mol. The molecule has 0 spiro atoms. The Bertz CT molecular complexity index is 821. The number of rotatable bonds is 7. The van der Waals surface area contributed by atoms with E-state index in [4.69, 9.17) is 0 Å². The second-order valence-electron chi connectivity index (χ2n) is 8.39. The first-order valence-corrected chi connectivity index (χ1v) is 11.5. The SMILES string of the molecule is CCCC(=O)N1CCC(Cc2cccc(-c3cccs3)c2)(C(=O)NC(C)C)CC1.